The summed E-state index contributed by atoms with van der Waals surface area (Å²) >= 11 is 7.08. The van der Waals surface area contributed by atoms with Crippen LogP contribution in [0.2, 0.25) is 0 Å². The summed E-state index contributed by atoms with van der Waals surface area (Å²) in [6, 6.07) is 15.2. The van der Waals surface area contributed by atoms with E-state index in [2.05, 4.69) is 88.2 Å². The molecule has 2 aromatic rings. The lowest BCUT2D eigenvalue weighted by Crippen LogP contribution is -1.87. The summed E-state index contributed by atoms with van der Waals surface area (Å²) < 4.78 is 0.208. The van der Waals surface area contributed by atoms with E-state index in [0.717, 1.165) is 0 Å². The second kappa shape index (κ2) is 5.36. The molecule has 0 heterocycles. The third kappa shape index (κ3) is 2.99. The van der Waals surface area contributed by atoms with Crippen molar-refractivity contribution in [2.45, 2.75) is 17.6 Å². The molecular weight excluding hydrogens is 340 g/mol. The fourth-order valence-corrected chi connectivity index (χ4v) is 2.46. The van der Waals surface area contributed by atoms with Crippen molar-refractivity contribution in [3.8, 4) is 11.1 Å². The zero-order valence-corrected chi connectivity index (χ0v) is 13.0. The van der Waals surface area contributed by atoms with Gasteiger partial charge in [0.15, 0.2) is 0 Å². The van der Waals surface area contributed by atoms with Crippen LogP contribution in [0.1, 0.15) is 20.4 Å². The number of alkyl halides is 2. The Morgan fingerprint density at radius 3 is 2.41 bits per heavy atom. The minimum absolute atomic E-state index is 0.208. The van der Waals surface area contributed by atoms with Crippen LogP contribution in [0.4, 0.5) is 0 Å². The fourth-order valence-electron chi connectivity index (χ4n) is 1.89. The van der Waals surface area contributed by atoms with Gasteiger partial charge in [-0.2, -0.15) is 0 Å². The summed E-state index contributed by atoms with van der Waals surface area (Å²) in [6.45, 7) is 4.28. The molecule has 0 saturated carbocycles. The molecule has 88 valence electrons. The number of hydrogen-bond acceptors (Lipinski definition) is 0. The first-order valence-corrected chi connectivity index (χ1v) is 7.37. The quantitative estimate of drug-likeness (QED) is 0.602. The molecule has 0 amide bonds. The lowest BCUT2D eigenvalue weighted by molar-refractivity contribution is 1.37. The molecule has 0 aromatic heterocycles. The van der Waals surface area contributed by atoms with E-state index >= 15 is 0 Å². The molecule has 0 saturated heterocycles. The third-order valence-corrected chi connectivity index (χ3v) is 3.90. The molecule has 17 heavy (non-hydrogen) atoms. The van der Waals surface area contributed by atoms with Crippen LogP contribution in [0.15, 0.2) is 42.5 Å². The molecular formula is C15H14Br2. The summed E-state index contributed by atoms with van der Waals surface area (Å²) in [5, 5.41) is 0. The Hall–Kier alpha value is -0.600. The summed E-state index contributed by atoms with van der Waals surface area (Å²) in [5.74, 6) is 0. The third-order valence-electron chi connectivity index (χ3n) is 2.84. The highest BCUT2D eigenvalue weighted by Gasteiger charge is 2.06. The molecule has 0 aliphatic carbocycles. The van der Waals surface area contributed by atoms with Gasteiger partial charge in [-0.25, -0.2) is 0 Å². The van der Waals surface area contributed by atoms with Gasteiger partial charge in [-0.1, -0.05) is 73.8 Å². The molecule has 0 aliphatic rings. The van der Waals surface area contributed by atoms with E-state index in [9.17, 15) is 0 Å². The predicted molar refractivity (Wildman–Crippen MR) is 81.9 cm³/mol. The van der Waals surface area contributed by atoms with E-state index in [-0.39, 0.29) is 3.74 Å². The van der Waals surface area contributed by atoms with E-state index in [0.29, 0.717) is 0 Å². The van der Waals surface area contributed by atoms with Crippen molar-refractivity contribution < 1.29 is 0 Å². The Morgan fingerprint density at radius 1 is 0.941 bits per heavy atom. The zero-order chi connectivity index (χ0) is 12.4. The standard InChI is InChI=1S/C15H14Br2/c1-10-6-7-11(2)14(8-10)12-4-3-5-13(9-12)15(16)17/h3-9,15H,1-2H3. The first-order valence-electron chi connectivity index (χ1n) is 5.53. The predicted octanol–water partition coefficient (Wildman–Crippen LogP) is 5.76. The largest absolute Gasteiger partial charge is 0.0946 e. The smallest absolute Gasteiger partial charge is 0.0712 e. The van der Waals surface area contributed by atoms with Crippen LogP contribution >= 0.6 is 31.9 Å². The van der Waals surface area contributed by atoms with Crippen LogP contribution in [0.25, 0.3) is 11.1 Å². The molecule has 2 aromatic carbocycles. The van der Waals surface area contributed by atoms with E-state index in [4.69, 9.17) is 0 Å². The molecule has 2 rings (SSSR count). The Labute approximate surface area is 119 Å². The van der Waals surface area contributed by atoms with Crippen molar-refractivity contribution in [1.29, 1.82) is 0 Å². The summed E-state index contributed by atoms with van der Waals surface area (Å²) in [6.07, 6.45) is 0. The van der Waals surface area contributed by atoms with Crippen molar-refractivity contribution in [3.05, 3.63) is 59.2 Å². The highest BCUT2D eigenvalue weighted by atomic mass is 79.9. The van der Waals surface area contributed by atoms with E-state index in [1.807, 2.05) is 0 Å². The Kier molecular flexibility index (Phi) is 4.05. The molecule has 2 heteroatoms. The van der Waals surface area contributed by atoms with Gasteiger partial charge in [0, 0.05) is 0 Å². The molecule has 0 nitrogen and oxygen atoms in total. The van der Waals surface area contributed by atoms with Gasteiger partial charge in [-0.3, -0.25) is 0 Å². The van der Waals surface area contributed by atoms with Crippen LogP contribution in [-0.4, -0.2) is 0 Å². The van der Waals surface area contributed by atoms with Gasteiger partial charge in [0.2, 0.25) is 0 Å². The van der Waals surface area contributed by atoms with E-state index in [1.54, 1.807) is 0 Å². The number of aryl methyl sites for hydroxylation is 2. The van der Waals surface area contributed by atoms with Crippen molar-refractivity contribution in [2.75, 3.05) is 0 Å². The zero-order valence-electron chi connectivity index (χ0n) is 9.87. The van der Waals surface area contributed by atoms with Crippen molar-refractivity contribution in [3.63, 3.8) is 0 Å². The molecule has 0 aliphatic heterocycles. The van der Waals surface area contributed by atoms with Crippen LogP contribution in [0.3, 0.4) is 0 Å². The van der Waals surface area contributed by atoms with Gasteiger partial charge >= 0.3 is 0 Å². The van der Waals surface area contributed by atoms with Crippen molar-refractivity contribution in [2.24, 2.45) is 0 Å². The molecule has 0 bridgehead atoms. The fraction of sp³-hybridized carbons (Fsp3) is 0.200. The van der Waals surface area contributed by atoms with Gasteiger partial charge in [-0.05, 0) is 42.2 Å². The Morgan fingerprint density at radius 2 is 1.71 bits per heavy atom. The monoisotopic (exact) mass is 352 g/mol. The summed E-state index contributed by atoms with van der Waals surface area (Å²) in [4.78, 5) is 0. The molecule has 0 atom stereocenters. The average molecular weight is 354 g/mol. The maximum atomic E-state index is 3.54. The second-order valence-electron chi connectivity index (χ2n) is 4.24. The SMILES string of the molecule is Cc1ccc(C)c(-c2cccc(C(Br)Br)c2)c1. The van der Waals surface area contributed by atoms with Crippen molar-refractivity contribution >= 4 is 31.9 Å². The van der Waals surface area contributed by atoms with Crippen molar-refractivity contribution in [1.82, 2.24) is 0 Å². The Balaban J connectivity index is 2.52. The van der Waals surface area contributed by atoms with Crippen LogP contribution in [-0.2, 0) is 0 Å². The normalized spacial score (nSPS) is 10.9. The Bertz CT molecular complexity index is 530. The number of hydrogen-bond donors (Lipinski definition) is 0. The van der Waals surface area contributed by atoms with Crippen LogP contribution in [0, 0.1) is 13.8 Å². The van der Waals surface area contributed by atoms with Crippen LogP contribution < -0.4 is 0 Å². The lowest BCUT2D eigenvalue weighted by Gasteiger charge is -2.10. The maximum absolute atomic E-state index is 3.54. The number of rotatable bonds is 2. The molecule has 0 spiro atoms. The van der Waals surface area contributed by atoms with Gasteiger partial charge in [-0.15, -0.1) is 0 Å². The maximum Gasteiger partial charge on any atom is 0.0946 e. The molecule has 0 fully saturated rings. The van der Waals surface area contributed by atoms with E-state index < -0.39 is 0 Å². The first-order chi connectivity index (χ1) is 8.08. The number of halogens is 2. The minimum atomic E-state index is 0.208. The highest BCUT2D eigenvalue weighted by Crippen LogP contribution is 2.33. The number of benzene rings is 2. The van der Waals surface area contributed by atoms with E-state index in [1.165, 1.54) is 27.8 Å². The molecule has 0 N–H and O–H groups in total. The first kappa shape index (κ1) is 12.8. The second-order valence-corrected chi connectivity index (χ2v) is 7.30. The van der Waals surface area contributed by atoms with Gasteiger partial charge in [0.1, 0.15) is 0 Å². The molecule has 0 unspecified atom stereocenters. The lowest BCUT2D eigenvalue weighted by atomic mass is 9.97. The molecule has 0 radical (unpaired) electrons. The van der Waals surface area contributed by atoms with Crippen LogP contribution in [0.5, 0.6) is 0 Å². The van der Waals surface area contributed by atoms with Gasteiger partial charge < -0.3 is 0 Å². The van der Waals surface area contributed by atoms with Gasteiger partial charge in [0.05, 0.1) is 3.74 Å². The topological polar surface area (TPSA) is 0 Å². The highest BCUT2D eigenvalue weighted by molar-refractivity contribution is 9.24. The minimum Gasteiger partial charge on any atom is -0.0712 e. The summed E-state index contributed by atoms with van der Waals surface area (Å²) in [5.41, 5.74) is 6.43. The van der Waals surface area contributed by atoms with Gasteiger partial charge in [0.25, 0.3) is 0 Å². The summed E-state index contributed by atoms with van der Waals surface area (Å²) in [7, 11) is 0. The average Bonchev–Trinajstić information content (AvgIpc) is 2.32.